The smallest absolute Gasteiger partial charge is 0.313 e. The van der Waals surface area contributed by atoms with E-state index in [0.29, 0.717) is 6.61 Å². The van der Waals surface area contributed by atoms with Gasteiger partial charge in [0, 0.05) is 0 Å². The summed E-state index contributed by atoms with van der Waals surface area (Å²) >= 11 is 3.27. The van der Waals surface area contributed by atoms with Crippen LogP contribution in [0.3, 0.4) is 0 Å². The fourth-order valence-corrected chi connectivity index (χ4v) is 3.84. The van der Waals surface area contributed by atoms with Crippen LogP contribution in [0.5, 0.6) is 0 Å². The maximum Gasteiger partial charge on any atom is 0.313 e. The van der Waals surface area contributed by atoms with Crippen molar-refractivity contribution in [3.8, 4) is 0 Å². The van der Waals surface area contributed by atoms with Crippen molar-refractivity contribution < 1.29 is 14.3 Å². The van der Waals surface area contributed by atoms with E-state index in [1.165, 1.54) is 0 Å². The second-order valence-corrected chi connectivity index (χ2v) is 5.60. The molecule has 0 aromatic rings. The lowest BCUT2D eigenvalue weighted by molar-refractivity contribution is -0.145. The van der Waals surface area contributed by atoms with Crippen LogP contribution < -0.4 is 0 Å². The van der Waals surface area contributed by atoms with E-state index in [9.17, 15) is 9.59 Å². The summed E-state index contributed by atoms with van der Waals surface area (Å²) in [6, 6.07) is 0. The lowest BCUT2D eigenvalue weighted by Crippen LogP contribution is -2.22. The van der Waals surface area contributed by atoms with Gasteiger partial charge in [-0.15, -0.1) is 23.5 Å². The van der Waals surface area contributed by atoms with E-state index in [1.54, 1.807) is 30.4 Å². The van der Waals surface area contributed by atoms with Gasteiger partial charge in [0.05, 0.1) is 6.61 Å². The van der Waals surface area contributed by atoms with Crippen molar-refractivity contribution in [3.05, 3.63) is 0 Å². The van der Waals surface area contributed by atoms with Crippen LogP contribution in [-0.2, 0) is 14.3 Å². The lowest BCUT2D eigenvalue weighted by Gasteiger charge is -2.18. The van der Waals surface area contributed by atoms with E-state index in [1.807, 2.05) is 0 Å². The summed E-state index contributed by atoms with van der Waals surface area (Å²) in [6.07, 6.45) is 1.08. The van der Waals surface area contributed by atoms with Crippen molar-refractivity contribution in [3.63, 3.8) is 0 Å². The third-order valence-corrected chi connectivity index (χ3v) is 4.71. The summed E-state index contributed by atoms with van der Waals surface area (Å²) in [6.45, 7) is 2.09. The van der Waals surface area contributed by atoms with Crippen LogP contribution in [0.25, 0.3) is 0 Å². The maximum absolute atomic E-state index is 11.5. The van der Waals surface area contributed by atoms with Crippen LogP contribution in [-0.4, -0.2) is 34.4 Å². The number of thioether (sulfide) groups is 2. The maximum atomic E-state index is 11.5. The average molecular weight is 234 g/mol. The molecule has 1 fully saturated rings. The van der Waals surface area contributed by atoms with Gasteiger partial charge in [0.2, 0.25) is 0 Å². The Balaban J connectivity index is 2.29. The predicted octanol–water partition coefficient (Wildman–Crippen LogP) is 1.70. The molecule has 0 aromatic carbocycles. The highest BCUT2D eigenvalue weighted by Crippen LogP contribution is 2.31. The Hall–Kier alpha value is -0.160. The predicted molar refractivity (Wildman–Crippen MR) is 59.6 cm³/mol. The quantitative estimate of drug-likeness (QED) is 0.547. The fraction of sp³-hybridized carbons (Fsp3) is 0.778. The molecule has 0 saturated carbocycles. The minimum absolute atomic E-state index is 0.00171. The average Bonchev–Trinajstić information content (AvgIpc) is 2.19. The van der Waals surface area contributed by atoms with Crippen molar-refractivity contribution in [2.24, 2.45) is 0 Å². The highest BCUT2D eigenvalue weighted by atomic mass is 32.2. The normalized spacial score (nSPS) is 17.8. The molecule has 0 radical (unpaired) electrons. The van der Waals surface area contributed by atoms with Gasteiger partial charge in [0.25, 0.3) is 0 Å². The SMILES string of the molecule is CCOC(=O)CC(=O)C1SCCCS1. The summed E-state index contributed by atoms with van der Waals surface area (Å²) in [4.78, 5) is 22.6. The second-order valence-electron chi connectivity index (χ2n) is 2.88. The molecule has 1 aliphatic rings. The van der Waals surface area contributed by atoms with E-state index < -0.39 is 5.97 Å². The molecule has 0 amide bonds. The molecule has 0 N–H and O–H groups in total. The molecular formula is C9H14O3S2. The molecule has 1 heterocycles. The van der Waals surface area contributed by atoms with Crippen molar-refractivity contribution in [1.29, 1.82) is 0 Å². The van der Waals surface area contributed by atoms with E-state index in [2.05, 4.69) is 0 Å². The summed E-state index contributed by atoms with van der Waals surface area (Å²) in [5, 5.41) is 0. The van der Waals surface area contributed by atoms with Crippen molar-refractivity contribution in [1.82, 2.24) is 0 Å². The molecule has 0 aromatic heterocycles. The summed E-state index contributed by atoms with van der Waals surface area (Å²) in [7, 11) is 0. The monoisotopic (exact) mass is 234 g/mol. The molecule has 1 aliphatic heterocycles. The Labute approximate surface area is 92.3 Å². The molecular weight excluding hydrogens is 220 g/mol. The van der Waals surface area contributed by atoms with E-state index >= 15 is 0 Å². The number of esters is 1. The van der Waals surface area contributed by atoms with Gasteiger partial charge in [-0.05, 0) is 24.9 Å². The number of ether oxygens (including phenoxy) is 1. The zero-order valence-corrected chi connectivity index (χ0v) is 9.79. The summed E-state index contributed by atoms with van der Waals surface area (Å²) < 4.78 is 4.68. The highest BCUT2D eigenvalue weighted by molar-refractivity contribution is 8.18. The van der Waals surface area contributed by atoms with Crippen LogP contribution in [0, 0.1) is 0 Å². The third-order valence-electron chi connectivity index (χ3n) is 1.71. The zero-order valence-electron chi connectivity index (χ0n) is 8.15. The highest BCUT2D eigenvalue weighted by Gasteiger charge is 2.24. The zero-order chi connectivity index (χ0) is 10.4. The molecule has 1 rings (SSSR count). The lowest BCUT2D eigenvalue weighted by atomic mass is 10.3. The van der Waals surface area contributed by atoms with Gasteiger partial charge in [0.15, 0.2) is 5.78 Å². The Kier molecular flexibility index (Phi) is 5.40. The summed E-state index contributed by atoms with van der Waals surface area (Å²) in [5.74, 6) is 1.64. The van der Waals surface area contributed by atoms with Gasteiger partial charge in [-0.1, -0.05) is 0 Å². The Bertz CT molecular complexity index is 212. The van der Waals surface area contributed by atoms with Crippen LogP contribution >= 0.6 is 23.5 Å². The molecule has 5 heteroatoms. The first-order chi connectivity index (χ1) is 6.74. The molecule has 0 spiro atoms. The van der Waals surface area contributed by atoms with Gasteiger partial charge < -0.3 is 4.74 Å². The first-order valence-corrected chi connectivity index (χ1v) is 6.75. The Morgan fingerprint density at radius 1 is 1.36 bits per heavy atom. The molecule has 0 aliphatic carbocycles. The van der Waals surface area contributed by atoms with E-state index in [-0.39, 0.29) is 16.8 Å². The Morgan fingerprint density at radius 3 is 2.57 bits per heavy atom. The first-order valence-electron chi connectivity index (χ1n) is 4.65. The second kappa shape index (κ2) is 6.35. The van der Waals surface area contributed by atoms with E-state index in [0.717, 1.165) is 17.9 Å². The molecule has 80 valence electrons. The molecule has 3 nitrogen and oxygen atoms in total. The number of Topliss-reactive ketones (excluding diaryl/α,β-unsaturated/α-hetero) is 1. The fourth-order valence-electron chi connectivity index (χ4n) is 1.11. The van der Waals surface area contributed by atoms with Gasteiger partial charge in [-0.2, -0.15) is 0 Å². The summed E-state index contributed by atoms with van der Waals surface area (Å²) in [5.41, 5.74) is 0. The van der Waals surface area contributed by atoms with Crippen LogP contribution in [0.1, 0.15) is 19.8 Å². The minimum atomic E-state index is -0.399. The van der Waals surface area contributed by atoms with Gasteiger partial charge in [-0.25, -0.2) is 0 Å². The number of carbonyl (C=O) groups excluding carboxylic acids is 2. The molecule has 1 saturated heterocycles. The topological polar surface area (TPSA) is 43.4 Å². The van der Waals surface area contributed by atoms with Crippen LogP contribution in [0.4, 0.5) is 0 Å². The molecule has 0 unspecified atom stereocenters. The number of hydrogen-bond acceptors (Lipinski definition) is 5. The number of carbonyl (C=O) groups is 2. The molecule has 0 bridgehead atoms. The van der Waals surface area contributed by atoms with Gasteiger partial charge in [-0.3, -0.25) is 9.59 Å². The van der Waals surface area contributed by atoms with Crippen LogP contribution in [0.15, 0.2) is 0 Å². The number of rotatable bonds is 4. The van der Waals surface area contributed by atoms with Crippen LogP contribution in [0.2, 0.25) is 0 Å². The first kappa shape index (κ1) is 11.9. The third kappa shape index (κ3) is 3.92. The number of hydrogen-bond donors (Lipinski definition) is 0. The van der Waals surface area contributed by atoms with Gasteiger partial charge in [0.1, 0.15) is 11.0 Å². The number of ketones is 1. The largest absolute Gasteiger partial charge is 0.466 e. The van der Waals surface area contributed by atoms with Gasteiger partial charge >= 0.3 is 5.97 Å². The van der Waals surface area contributed by atoms with E-state index in [4.69, 9.17) is 4.74 Å². The van der Waals surface area contributed by atoms with Crippen molar-refractivity contribution in [2.45, 2.75) is 24.3 Å². The van der Waals surface area contributed by atoms with Crippen molar-refractivity contribution >= 4 is 35.3 Å². The molecule has 14 heavy (non-hydrogen) atoms. The minimum Gasteiger partial charge on any atom is -0.466 e. The Morgan fingerprint density at radius 2 is 2.00 bits per heavy atom. The van der Waals surface area contributed by atoms with Crippen molar-refractivity contribution in [2.75, 3.05) is 18.1 Å². The standard InChI is InChI=1S/C9H14O3S2/c1-2-12-8(11)6-7(10)9-13-4-3-5-14-9/h9H,2-6H2,1H3. The molecule has 0 atom stereocenters.